The van der Waals surface area contributed by atoms with E-state index in [1.54, 1.807) is 30.3 Å². The second-order valence-corrected chi connectivity index (χ2v) is 6.37. The molecule has 3 rings (SSSR count). The van der Waals surface area contributed by atoms with Gasteiger partial charge in [0.25, 0.3) is 5.69 Å². The van der Waals surface area contributed by atoms with E-state index in [1.165, 1.54) is 6.07 Å². The summed E-state index contributed by atoms with van der Waals surface area (Å²) in [4.78, 5) is 22.0. The van der Waals surface area contributed by atoms with Crippen LogP contribution in [0.15, 0.2) is 66.7 Å². The maximum absolute atomic E-state index is 11.4. The van der Waals surface area contributed by atoms with Crippen molar-refractivity contribution in [2.24, 2.45) is 0 Å². The van der Waals surface area contributed by atoms with Gasteiger partial charge < -0.3 is 14.2 Å². The van der Waals surface area contributed by atoms with Crippen molar-refractivity contribution in [2.75, 3.05) is 6.61 Å². The standard InChI is InChI=1S/C23H21NO6/c1-2-28-23-12-18(14-25)8-11-22(23)30-16-19-13-20(9-10-21(19)24(26)27)29-15-17-6-4-3-5-7-17/h3-14H,2,15-16H2,1H3. The molecule has 0 aliphatic heterocycles. The zero-order valence-corrected chi connectivity index (χ0v) is 16.4. The maximum atomic E-state index is 11.4. The summed E-state index contributed by atoms with van der Waals surface area (Å²) in [6.07, 6.45) is 0.713. The number of ether oxygens (including phenoxy) is 3. The number of carbonyl (C=O) groups excluding carboxylic acids is 1. The number of nitro groups is 1. The lowest BCUT2D eigenvalue weighted by atomic mass is 10.1. The van der Waals surface area contributed by atoms with E-state index in [0.717, 1.165) is 5.56 Å². The van der Waals surface area contributed by atoms with Gasteiger partial charge in [0.05, 0.1) is 17.1 Å². The van der Waals surface area contributed by atoms with E-state index in [0.29, 0.717) is 47.9 Å². The van der Waals surface area contributed by atoms with Crippen molar-refractivity contribution in [1.82, 2.24) is 0 Å². The highest BCUT2D eigenvalue weighted by Crippen LogP contribution is 2.31. The van der Waals surface area contributed by atoms with E-state index in [1.807, 2.05) is 37.3 Å². The van der Waals surface area contributed by atoms with Crippen LogP contribution in [0.1, 0.15) is 28.4 Å². The van der Waals surface area contributed by atoms with Crippen LogP contribution in [0.4, 0.5) is 5.69 Å². The zero-order valence-electron chi connectivity index (χ0n) is 16.4. The number of benzene rings is 3. The van der Waals surface area contributed by atoms with Crippen LogP contribution in [0.25, 0.3) is 0 Å². The Morgan fingerprint density at radius 1 is 0.900 bits per heavy atom. The third-order valence-corrected chi connectivity index (χ3v) is 4.28. The Bertz CT molecular complexity index is 1020. The van der Waals surface area contributed by atoms with E-state index in [-0.39, 0.29) is 12.3 Å². The average Bonchev–Trinajstić information content (AvgIpc) is 2.77. The predicted molar refractivity (Wildman–Crippen MR) is 111 cm³/mol. The van der Waals surface area contributed by atoms with Gasteiger partial charge >= 0.3 is 0 Å². The Labute approximate surface area is 174 Å². The van der Waals surface area contributed by atoms with E-state index >= 15 is 0 Å². The van der Waals surface area contributed by atoms with Gasteiger partial charge in [-0.1, -0.05) is 30.3 Å². The van der Waals surface area contributed by atoms with Crippen LogP contribution in [-0.2, 0) is 13.2 Å². The molecule has 3 aromatic rings. The van der Waals surface area contributed by atoms with Gasteiger partial charge in [-0.3, -0.25) is 14.9 Å². The number of rotatable bonds is 10. The molecule has 0 spiro atoms. The molecule has 30 heavy (non-hydrogen) atoms. The lowest BCUT2D eigenvalue weighted by Gasteiger charge is -2.13. The fraction of sp³-hybridized carbons (Fsp3) is 0.174. The molecule has 0 aliphatic carbocycles. The van der Waals surface area contributed by atoms with Crippen LogP contribution in [0.5, 0.6) is 17.2 Å². The lowest BCUT2D eigenvalue weighted by Crippen LogP contribution is -2.04. The fourth-order valence-corrected chi connectivity index (χ4v) is 2.83. The average molecular weight is 407 g/mol. The fourth-order valence-electron chi connectivity index (χ4n) is 2.83. The monoisotopic (exact) mass is 407 g/mol. The molecule has 0 heterocycles. The second-order valence-electron chi connectivity index (χ2n) is 6.37. The van der Waals surface area contributed by atoms with Gasteiger partial charge in [-0.2, -0.15) is 0 Å². The third-order valence-electron chi connectivity index (χ3n) is 4.28. The molecule has 154 valence electrons. The Hall–Kier alpha value is -3.87. The van der Waals surface area contributed by atoms with Crippen LogP contribution >= 0.6 is 0 Å². The molecule has 7 heteroatoms. The first-order valence-electron chi connectivity index (χ1n) is 9.39. The molecule has 7 nitrogen and oxygen atoms in total. The van der Waals surface area contributed by atoms with Crippen LogP contribution < -0.4 is 14.2 Å². The first kappa shape index (κ1) is 20.9. The van der Waals surface area contributed by atoms with Crippen LogP contribution in [0.2, 0.25) is 0 Å². The number of hydrogen-bond donors (Lipinski definition) is 0. The molecule has 0 atom stereocenters. The Kier molecular flexibility index (Phi) is 7.00. The number of nitrogens with zero attached hydrogens (tertiary/aromatic N) is 1. The molecule has 0 fully saturated rings. The van der Waals surface area contributed by atoms with E-state index in [4.69, 9.17) is 14.2 Å². The van der Waals surface area contributed by atoms with Crippen molar-refractivity contribution in [3.63, 3.8) is 0 Å². The summed E-state index contributed by atoms with van der Waals surface area (Å²) in [5.74, 6) is 1.30. The first-order valence-corrected chi connectivity index (χ1v) is 9.39. The Morgan fingerprint density at radius 2 is 1.70 bits per heavy atom. The maximum Gasteiger partial charge on any atom is 0.276 e. The quantitative estimate of drug-likeness (QED) is 0.268. The molecule has 0 aliphatic rings. The SMILES string of the molecule is CCOc1cc(C=O)ccc1OCc1cc(OCc2ccccc2)ccc1[N+](=O)[O-]. The topological polar surface area (TPSA) is 87.9 Å². The molecule has 0 radical (unpaired) electrons. The van der Waals surface area contributed by atoms with E-state index in [2.05, 4.69) is 0 Å². The highest BCUT2D eigenvalue weighted by molar-refractivity contribution is 5.76. The third kappa shape index (κ3) is 5.35. The van der Waals surface area contributed by atoms with E-state index in [9.17, 15) is 14.9 Å². The lowest BCUT2D eigenvalue weighted by molar-refractivity contribution is -0.385. The summed E-state index contributed by atoms with van der Waals surface area (Å²) < 4.78 is 17.1. The van der Waals surface area contributed by atoms with E-state index < -0.39 is 4.92 Å². The summed E-state index contributed by atoms with van der Waals surface area (Å²) in [7, 11) is 0. The van der Waals surface area contributed by atoms with Crippen LogP contribution in [-0.4, -0.2) is 17.8 Å². The van der Waals surface area contributed by atoms with Crippen molar-refractivity contribution in [3.8, 4) is 17.2 Å². The van der Waals surface area contributed by atoms with Gasteiger partial charge in [0.2, 0.25) is 0 Å². The molecule has 0 aromatic heterocycles. The first-order chi connectivity index (χ1) is 14.6. The predicted octanol–water partition coefficient (Wildman–Crippen LogP) is 4.96. The minimum atomic E-state index is -0.460. The van der Waals surface area contributed by atoms with Crippen molar-refractivity contribution in [1.29, 1.82) is 0 Å². The molecule has 0 saturated heterocycles. The molecule has 3 aromatic carbocycles. The highest BCUT2D eigenvalue weighted by atomic mass is 16.6. The van der Waals surface area contributed by atoms with Crippen LogP contribution in [0, 0.1) is 10.1 Å². The van der Waals surface area contributed by atoms with Gasteiger partial charge in [-0.25, -0.2) is 0 Å². The van der Waals surface area contributed by atoms with Crippen molar-refractivity contribution in [2.45, 2.75) is 20.1 Å². The van der Waals surface area contributed by atoms with Crippen molar-refractivity contribution in [3.05, 3.63) is 93.5 Å². The molecule has 0 saturated carbocycles. The Balaban J connectivity index is 1.78. The minimum Gasteiger partial charge on any atom is -0.490 e. The second kappa shape index (κ2) is 10.1. The molecular weight excluding hydrogens is 386 g/mol. The van der Waals surface area contributed by atoms with Gasteiger partial charge in [0.1, 0.15) is 25.2 Å². The van der Waals surface area contributed by atoms with Crippen LogP contribution in [0.3, 0.4) is 0 Å². The van der Waals surface area contributed by atoms with Gasteiger partial charge in [-0.05, 0) is 42.8 Å². The van der Waals surface area contributed by atoms with Gasteiger partial charge in [0.15, 0.2) is 11.5 Å². The molecular formula is C23H21NO6. The van der Waals surface area contributed by atoms with Crippen molar-refractivity contribution < 1.29 is 23.9 Å². The van der Waals surface area contributed by atoms with Gasteiger partial charge in [-0.15, -0.1) is 0 Å². The zero-order chi connectivity index (χ0) is 21.3. The molecule has 0 unspecified atom stereocenters. The number of aldehydes is 1. The number of hydrogen-bond acceptors (Lipinski definition) is 6. The number of carbonyl (C=O) groups is 1. The largest absolute Gasteiger partial charge is 0.490 e. The highest BCUT2D eigenvalue weighted by Gasteiger charge is 2.17. The van der Waals surface area contributed by atoms with Crippen molar-refractivity contribution >= 4 is 12.0 Å². The molecule has 0 N–H and O–H groups in total. The summed E-state index contributed by atoms with van der Waals surface area (Å²) in [6, 6.07) is 19.0. The summed E-state index contributed by atoms with van der Waals surface area (Å²) >= 11 is 0. The summed E-state index contributed by atoms with van der Waals surface area (Å²) in [5.41, 5.74) is 1.75. The smallest absolute Gasteiger partial charge is 0.276 e. The van der Waals surface area contributed by atoms with Gasteiger partial charge in [0, 0.05) is 11.6 Å². The Morgan fingerprint density at radius 3 is 2.40 bits per heavy atom. The normalized spacial score (nSPS) is 10.3. The molecule has 0 amide bonds. The number of nitro benzene ring substituents is 1. The summed E-state index contributed by atoms with van der Waals surface area (Å²) in [5, 5.41) is 11.4. The molecule has 0 bridgehead atoms. The summed E-state index contributed by atoms with van der Waals surface area (Å²) in [6.45, 7) is 2.50. The minimum absolute atomic E-state index is 0.0562.